The number of benzene rings is 2. The first-order chi connectivity index (χ1) is 8.03. The molecular formula is C14H16O2S. The first kappa shape index (κ1) is 11.9. The lowest BCUT2D eigenvalue weighted by atomic mass is 10.3. The van der Waals surface area contributed by atoms with E-state index in [9.17, 15) is 10.2 Å². The SMILES string of the molecule is CS(C)(c1ccccc1O)c1ccccc1O. The second-order valence-electron chi connectivity index (χ2n) is 4.26. The van der Waals surface area contributed by atoms with Gasteiger partial charge in [0.1, 0.15) is 11.5 Å². The van der Waals surface area contributed by atoms with Crippen molar-refractivity contribution < 1.29 is 10.2 Å². The first-order valence-electron chi connectivity index (χ1n) is 5.33. The van der Waals surface area contributed by atoms with Crippen molar-refractivity contribution in [1.29, 1.82) is 0 Å². The molecule has 2 rings (SSSR count). The summed E-state index contributed by atoms with van der Waals surface area (Å²) in [6.45, 7) is 0. The van der Waals surface area contributed by atoms with Gasteiger partial charge < -0.3 is 10.2 Å². The Morgan fingerprint density at radius 1 is 0.706 bits per heavy atom. The molecule has 2 N–H and O–H groups in total. The summed E-state index contributed by atoms with van der Waals surface area (Å²) in [5, 5.41) is 19.9. The number of rotatable bonds is 2. The summed E-state index contributed by atoms with van der Waals surface area (Å²) in [6, 6.07) is 14.6. The molecule has 2 aromatic rings. The fourth-order valence-electron chi connectivity index (χ4n) is 1.90. The Bertz CT molecular complexity index is 488. The van der Waals surface area contributed by atoms with E-state index in [0.717, 1.165) is 9.79 Å². The third-order valence-corrected chi connectivity index (χ3v) is 5.72. The van der Waals surface area contributed by atoms with E-state index in [1.54, 1.807) is 24.3 Å². The Balaban J connectivity index is 2.58. The average Bonchev–Trinajstić information content (AvgIpc) is 2.29. The quantitative estimate of drug-likeness (QED) is 0.852. The molecule has 0 atom stereocenters. The Hall–Kier alpha value is -1.61. The van der Waals surface area contributed by atoms with Crippen LogP contribution in [0.15, 0.2) is 58.3 Å². The highest BCUT2D eigenvalue weighted by Crippen LogP contribution is 2.61. The van der Waals surface area contributed by atoms with Gasteiger partial charge in [0.15, 0.2) is 0 Å². The average molecular weight is 248 g/mol. The number of phenolic OH excluding ortho intramolecular Hbond substituents is 2. The first-order valence-corrected chi connectivity index (χ1v) is 7.78. The van der Waals surface area contributed by atoms with Gasteiger partial charge in [-0.1, -0.05) is 24.3 Å². The Labute approximate surface area is 103 Å². The van der Waals surface area contributed by atoms with Crippen molar-refractivity contribution in [3.8, 4) is 11.5 Å². The van der Waals surface area contributed by atoms with E-state index >= 15 is 0 Å². The van der Waals surface area contributed by atoms with Crippen LogP contribution in [-0.2, 0) is 0 Å². The molecule has 0 spiro atoms. The molecule has 0 fully saturated rings. The molecule has 3 heteroatoms. The third-order valence-electron chi connectivity index (χ3n) is 2.83. The fraction of sp³-hybridized carbons (Fsp3) is 0.143. The Morgan fingerprint density at radius 3 is 1.41 bits per heavy atom. The van der Waals surface area contributed by atoms with Crippen molar-refractivity contribution in [2.45, 2.75) is 9.79 Å². The van der Waals surface area contributed by atoms with Crippen LogP contribution in [0.4, 0.5) is 0 Å². The lowest BCUT2D eigenvalue weighted by Crippen LogP contribution is -1.98. The number of para-hydroxylation sites is 2. The van der Waals surface area contributed by atoms with E-state index in [2.05, 4.69) is 12.5 Å². The molecule has 0 radical (unpaired) electrons. The molecule has 2 aromatic carbocycles. The van der Waals surface area contributed by atoms with Gasteiger partial charge in [-0.15, -0.1) is 0 Å². The lowest BCUT2D eigenvalue weighted by molar-refractivity contribution is 0.459. The molecule has 0 unspecified atom stereocenters. The minimum absolute atomic E-state index is 0.288. The highest BCUT2D eigenvalue weighted by Gasteiger charge is 2.23. The van der Waals surface area contributed by atoms with Gasteiger partial charge in [0.05, 0.1) is 0 Å². The maximum Gasteiger partial charge on any atom is 0.127 e. The maximum atomic E-state index is 9.94. The third kappa shape index (κ3) is 2.11. The second-order valence-corrected chi connectivity index (χ2v) is 7.80. The van der Waals surface area contributed by atoms with Gasteiger partial charge in [0.2, 0.25) is 0 Å². The molecule has 2 nitrogen and oxygen atoms in total. The minimum Gasteiger partial charge on any atom is -0.507 e. The van der Waals surface area contributed by atoms with Crippen LogP contribution >= 0.6 is 10.0 Å². The maximum absolute atomic E-state index is 9.94. The standard InChI is InChI=1S/C14H16O2S/c1-17(2,13-9-5-3-7-11(13)15)14-10-6-4-8-12(14)16/h3-10,15-16H,1-2H3. The van der Waals surface area contributed by atoms with Gasteiger partial charge in [-0.3, -0.25) is 0 Å². The van der Waals surface area contributed by atoms with Crippen molar-refractivity contribution in [3.63, 3.8) is 0 Å². The topological polar surface area (TPSA) is 40.5 Å². The summed E-state index contributed by atoms with van der Waals surface area (Å²) in [5.41, 5.74) is 0. The van der Waals surface area contributed by atoms with Crippen molar-refractivity contribution >= 4 is 10.0 Å². The molecule has 0 saturated carbocycles. The van der Waals surface area contributed by atoms with E-state index in [4.69, 9.17) is 0 Å². The summed E-state index contributed by atoms with van der Waals surface area (Å²) >= 11 is 0. The van der Waals surface area contributed by atoms with Crippen LogP contribution in [0.3, 0.4) is 0 Å². The number of hydrogen-bond acceptors (Lipinski definition) is 2. The summed E-state index contributed by atoms with van der Waals surface area (Å²) in [6.07, 6.45) is 4.13. The van der Waals surface area contributed by atoms with Gasteiger partial charge >= 0.3 is 0 Å². The van der Waals surface area contributed by atoms with Gasteiger partial charge in [-0.25, -0.2) is 0 Å². The highest BCUT2D eigenvalue weighted by atomic mass is 32.3. The molecule has 0 saturated heterocycles. The summed E-state index contributed by atoms with van der Waals surface area (Å²) < 4.78 is 0. The van der Waals surface area contributed by atoms with E-state index in [-0.39, 0.29) is 11.5 Å². The van der Waals surface area contributed by atoms with E-state index in [1.165, 1.54) is 0 Å². The number of phenols is 2. The molecular weight excluding hydrogens is 232 g/mol. The molecule has 0 bridgehead atoms. The molecule has 17 heavy (non-hydrogen) atoms. The predicted molar refractivity (Wildman–Crippen MR) is 72.2 cm³/mol. The monoisotopic (exact) mass is 248 g/mol. The van der Waals surface area contributed by atoms with E-state index in [1.807, 2.05) is 24.3 Å². The molecule has 0 aromatic heterocycles. The normalized spacial score (nSPS) is 12.4. The largest absolute Gasteiger partial charge is 0.507 e. The zero-order chi connectivity index (χ0) is 12.5. The zero-order valence-corrected chi connectivity index (χ0v) is 10.7. The molecule has 0 aliphatic rings. The zero-order valence-electron chi connectivity index (χ0n) is 9.92. The number of aromatic hydroxyl groups is 2. The van der Waals surface area contributed by atoms with E-state index < -0.39 is 10.0 Å². The Kier molecular flexibility index (Phi) is 3.03. The second kappa shape index (κ2) is 4.34. The molecule has 0 aliphatic carbocycles. The smallest absolute Gasteiger partial charge is 0.127 e. The number of hydrogen-bond donors (Lipinski definition) is 2. The highest BCUT2D eigenvalue weighted by molar-refractivity contribution is 8.32. The molecule has 0 heterocycles. The van der Waals surface area contributed by atoms with Gasteiger partial charge in [-0.05, 0) is 36.8 Å². The van der Waals surface area contributed by atoms with Crippen LogP contribution in [0.5, 0.6) is 11.5 Å². The van der Waals surface area contributed by atoms with Gasteiger partial charge in [-0.2, -0.15) is 10.0 Å². The van der Waals surface area contributed by atoms with Crippen LogP contribution in [0.1, 0.15) is 0 Å². The van der Waals surface area contributed by atoms with Gasteiger partial charge in [0.25, 0.3) is 0 Å². The minimum atomic E-state index is -1.40. The van der Waals surface area contributed by atoms with Crippen molar-refractivity contribution in [3.05, 3.63) is 48.5 Å². The molecule has 90 valence electrons. The van der Waals surface area contributed by atoms with Crippen LogP contribution in [0, 0.1) is 0 Å². The summed E-state index contributed by atoms with van der Waals surface area (Å²) in [5.74, 6) is 0.575. The predicted octanol–water partition coefficient (Wildman–Crippen LogP) is 3.58. The van der Waals surface area contributed by atoms with E-state index in [0.29, 0.717) is 0 Å². The fourth-order valence-corrected chi connectivity index (χ4v) is 4.15. The van der Waals surface area contributed by atoms with Crippen molar-refractivity contribution in [1.82, 2.24) is 0 Å². The van der Waals surface area contributed by atoms with Crippen molar-refractivity contribution in [2.75, 3.05) is 12.5 Å². The molecule has 0 aliphatic heterocycles. The van der Waals surface area contributed by atoms with Crippen molar-refractivity contribution in [2.24, 2.45) is 0 Å². The van der Waals surface area contributed by atoms with Crippen LogP contribution in [0.2, 0.25) is 0 Å². The van der Waals surface area contributed by atoms with Crippen LogP contribution in [-0.4, -0.2) is 22.7 Å². The van der Waals surface area contributed by atoms with Gasteiger partial charge in [0, 0.05) is 9.79 Å². The lowest BCUT2D eigenvalue weighted by Gasteiger charge is -2.33. The molecule has 0 amide bonds. The van der Waals surface area contributed by atoms with Crippen LogP contribution in [0.25, 0.3) is 0 Å². The Morgan fingerprint density at radius 2 is 1.06 bits per heavy atom. The summed E-state index contributed by atoms with van der Waals surface area (Å²) in [7, 11) is -1.40. The summed E-state index contributed by atoms with van der Waals surface area (Å²) in [4.78, 5) is 1.78. The van der Waals surface area contributed by atoms with Crippen LogP contribution < -0.4 is 0 Å².